The summed E-state index contributed by atoms with van der Waals surface area (Å²) in [5, 5.41) is 4.92. The Kier molecular flexibility index (Phi) is 13.8. The van der Waals surface area contributed by atoms with Crippen molar-refractivity contribution in [2.24, 2.45) is 0 Å². The van der Waals surface area contributed by atoms with Crippen LogP contribution in [0.4, 0.5) is 4.79 Å². The second-order valence-electron chi connectivity index (χ2n) is 11.4. The first-order chi connectivity index (χ1) is 22.0. The van der Waals surface area contributed by atoms with Crippen molar-refractivity contribution in [1.29, 1.82) is 0 Å². The summed E-state index contributed by atoms with van der Waals surface area (Å²) in [5.41, 5.74) is 1.35. The van der Waals surface area contributed by atoms with Crippen molar-refractivity contribution < 1.29 is 42.9 Å². The summed E-state index contributed by atoms with van der Waals surface area (Å²) in [4.78, 5) is 64.5. The summed E-state index contributed by atoms with van der Waals surface area (Å²) in [6.45, 7) is 4.86. The van der Waals surface area contributed by atoms with Gasteiger partial charge in [-0.15, -0.1) is 0 Å². The van der Waals surface area contributed by atoms with Crippen LogP contribution in [0.2, 0.25) is 0 Å². The number of rotatable bonds is 15. The standard InChI is InChI=1S/C35H40N2O9/c1-35(2,3)46-34(42)37-29(21-31(39)44-23-26-15-9-5-10-16-26)32(40)36-28(33(41)45-24-27-17-11-6-12-18-27)19-20-30(38)43-22-25-13-7-4-8-14-25/h4-18,28-29H,19-24H2,1-3H3,(H,36,40)(H,37,42). The molecule has 3 aromatic carbocycles. The third kappa shape index (κ3) is 13.6. The number of carbonyl (C=O) groups excluding carboxylic acids is 5. The van der Waals surface area contributed by atoms with Gasteiger partial charge >= 0.3 is 24.0 Å². The van der Waals surface area contributed by atoms with Crippen molar-refractivity contribution in [1.82, 2.24) is 10.6 Å². The van der Waals surface area contributed by atoms with E-state index in [2.05, 4.69) is 10.6 Å². The van der Waals surface area contributed by atoms with Crippen molar-refractivity contribution in [2.45, 2.75) is 77.5 Å². The summed E-state index contributed by atoms with van der Waals surface area (Å²) in [6.07, 6.45) is -1.88. The van der Waals surface area contributed by atoms with Gasteiger partial charge in [0.2, 0.25) is 5.91 Å². The van der Waals surface area contributed by atoms with Crippen molar-refractivity contribution >= 4 is 29.9 Å². The molecule has 0 saturated carbocycles. The molecule has 0 aliphatic rings. The van der Waals surface area contributed by atoms with Crippen molar-refractivity contribution in [3.05, 3.63) is 108 Å². The minimum atomic E-state index is -1.47. The van der Waals surface area contributed by atoms with Crippen LogP contribution < -0.4 is 10.6 Å². The minimum Gasteiger partial charge on any atom is -0.461 e. The zero-order valence-electron chi connectivity index (χ0n) is 26.2. The molecule has 0 aromatic heterocycles. The lowest BCUT2D eigenvalue weighted by Gasteiger charge is -2.24. The molecule has 11 heteroatoms. The molecule has 46 heavy (non-hydrogen) atoms. The Balaban J connectivity index is 1.70. The van der Waals surface area contributed by atoms with E-state index in [9.17, 15) is 24.0 Å². The first-order valence-electron chi connectivity index (χ1n) is 14.9. The van der Waals surface area contributed by atoms with Crippen molar-refractivity contribution in [2.75, 3.05) is 0 Å². The highest BCUT2D eigenvalue weighted by Gasteiger charge is 2.31. The van der Waals surface area contributed by atoms with Crippen molar-refractivity contribution in [3.8, 4) is 0 Å². The molecule has 2 unspecified atom stereocenters. The van der Waals surface area contributed by atoms with Crippen molar-refractivity contribution in [3.63, 3.8) is 0 Å². The molecule has 3 rings (SSSR count). The minimum absolute atomic E-state index is 0.0417. The van der Waals surface area contributed by atoms with E-state index >= 15 is 0 Å². The number of benzene rings is 3. The van der Waals surface area contributed by atoms with Crippen LogP contribution in [0.5, 0.6) is 0 Å². The van der Waals surface area contributed by atoms with E-state index in [0.29, 0.717) is 5.56 Å². The van der Waals surface area contributed by atoms with E-state index in [4.69, 9.17) is 18.9 Å². The molecule has 0 spiro atoms. The van der Waals surface area contributed by atoms with Gasteiger partial charge in [0, 0.05) is 6.42 Å². The number of esters is 3. The van der Waals surface area contributed by atoms with Gasteiger partial charge in [-0.1, -0.05) is 91.0 Å². The fourth-order valence-corrected chi connectivity index (χ4v) is 4.05. The Labute approximate surface area is 268 Å². The fraction of sp³-hybridized carbons (Fsp3) is 0.343. The predicted molar refractivity (Wildman–Crippen MR) is 168 cm³/mol. The van der Waals surface area contributed by atoms with E-state index in [1.807, 2.05) is 30.3 Å². The normalized spacial score (nSPS) is 12.2. The summed E-state index contributed by atoms with van der Waals surface area (Å²) in [7, 11) is 0. The second kappa shape index (κ2) is 17.9. The van der Waals surface area contributed by atoms with E-state index in [1.165, 1.54) is 0 Å². The molecule has 2 amide bonds. The number of hydrogen-bond acceptors (Lipinski definition) is 9. The molecule has 0 aliphatic heterocycles. The molecular formula is C35H40N2O9. The largest absolute Gasteiger partial charge is 0.461 e. The Morgan fingerprint density at radius 3 is 1.54 bits per heavy atom. The van der Waals surface area contributed by atoms with E-state index < -0.39 is 54.0 Å². The van der Waals surface area contributed by atoms with Gasteiger partial charge in [0.25, 0.3) is 0 Å². The number of carbonyl (C=O) groups is 5. The predicted octanol–water partition coefficient (Wildman–Crippen LogP) is 4.77. The average Bonchev–Trinajstić information content (AvgIpc) is 3.03. The first kappa shape index (κ1) is 35.3. The Bertz CT molecular complexity index is 1420. The molecule has 0 bridgehead atoms. The van der Waals surface area contributed by atoms with Crippen LogP contribution in [0.3, 0.4) is 0 Å². The van der Waals surface area contributed by atoms with Gasteiger partial charge in [-0.3, -0.25) is 14.4 Å². The number of ether oxygens (including phenoxy) is 4. The highest BCUT2D eigenvalue weighted by molar-refractivity contribution is 5.92. The molecule has 3 aromatic rings. The van der Waals surface area contributed by atoms with Crippen LogP contribution >= 0.6 is 0 Å². The molecule has 244 valence electrons. The summed E-state index contributed by atoms with van der Waals surface area (Å²) in [5.74, 6) is -3.04. The van der Waals surface area contributed by atoms with Gasteiger partial charge in [-0.25, -0.2) is 9.59 Å². The molecule has 0 fully saturated rings. The lowest BCUT2D eigenvalue weighted by Crippen LogP contribution is -2.53. The third-order valence-electron chi connectivity index (χ3n) is 6.33. The topological polar surface area (TPSA) is 146 Å². The number of amides is 2. The van der Waals surface area contributed by atoms with Crippen LogP contribution in [0.15, 0.2) is 91.0 Å². The number of alkyl carbamates (subject to hydrolysis) is 1. The molecule has 0 aliphatic carbocycles. The third-order valence-corrected chi connectivity index (χ3v) is 6.33. The van der Waals surface area contributed by atoms with Gasteiger partial charge in [-0.05, 0) is 43.9 Å². The zero-order valence-corrected chi connectivity index (χ0v) is 26.2. The van der Waals surface area contributed by atoms with Crippen LogP contribution in [-0.2, 0) is 57.9 Å². The summed E-state index contributed by atoms with van der Waals surface area (Å²) < 4.78 is 21.3. The fourth-order valence-electron chi connectivity index (χ4n) is 4.05. The molecule has 0 saturated heterocycles. The van der Waals surface area contributed by atoms with Gasteiger partial charge in [0.15, 0.2) is 0 Å². The maximum Gasteiger partial charge on any atom is 0.408 e. The maximum atomic E-state index is 13.5. The molecule has 0 heterocycles. The Hall–Kier alpha value is -5.19. The highest BCUT2D eigenvalue weighted by atomic mass is 16.6. The molecule has 11 nitrogen and oxygen atoms in total. The SMILES string of the molecule is CC(C)(C)OC(=O)NC(CC(=O)OCc1ccccc1)C(=O)NC(CCC(=O)OCc1ccccc1)C(=O)OCc1ccccc1. The monoisotopic (exact) mass is 632 g/mol. The van der Waals surface area contributed by atoms with Crippen LogP contribution in [0.1, 0.15) is 56.7 Å². The lowest BCUT2D eigenvalue weighted by molar-refractivity contribution is -0.151. The van der Waals surface area contributed by atoms with Gasteiger partial charge in [0.05, 0.1) is 6.42 Å². The molecular weight excluding hydrogens is 592 g/mol. The first-order valence-corrected chi connectivity index (χ1v) is 14.9. The van der Waals surface area contributed by atoms with Gasteiger partial charge in [0.1, 0.15) is 37.5 Å². The smallest absolute Gasteiger partial charge is 0.408 e. The maximum absolute atomic E-state index is 13.5. The van der Waals surface area contributed by atoms with E-state index in [1.54, 1.807) is 81.4 Å². The summed E-state index contributed by atoms with van der Waals surface area (Å²) in [6, 6.07) is 24.2. The number of nitrogens with one attached hydrogen (secondary N) is 2. The lowest BCUT2D eigenvalue weighted by atomic mass is 10.1. The van der Waals surface area contributed by atoms with Gasteiger partial charge < -0.3 is 29.6 Å². The summed E-state index contributed by atoms with van der Waals surface area (Å²) >= 11 is 0. The van der Waals surface area contributed by atoms with Crippen LogP contribution in [0, 0.1) is 0 Å². The number of hydrogen-bond donors (Lipinski definition) is 2. The average molecular weight is 633 g/mol. The molecule has 2 atom stereocenters. The molecule has 2 N–H and O–H groups in total. The van der Waals surface area contributed by atoms with Gasteiger partial charge in [-0.2, -0.15) is 0 Å². The van der Waals surface area contributed by atoms with Crippen LogP contribution in [0.25, 0.3) is 0 Å². The molecule has 0 radical (unpaired) electrons. The quantitative estimate of drug-likeness (QED) is 0.179. The highest BCUT2D eigenvalue weighted by Crippen LogP contribution is 2.11. The zero-order chi connectivity index (χ0) is 33.4. The van der Waals surface area contributed by atoms with E-state index in [-0.39, 0.29) is 32.7 Å². The Morgan fingerprint density at radius 2 is 1.07 bits per heavy atom. The van der Waals surface area contributed by atoms with E-state index in [0.717, 1.165) is 11.1 Å². The second-order valence-corrected chi connectivity index (χ2v) is 11.4. The van der Waals surface area contributed by atoms with Crippen LogP contribution in [-0.4, -0.2) is 47.6 Å². The Morgan fingerprint density at radius 1 is 0.609 bits per heavy atom.